The third-order valence-electron chi connectivity index (χ3n) is 3.39. The molecular weight excluding hydrogens is 419 g/mol. The maximum atomic E-state index is 12.9. The summed E-state index contributed by atoms with van der Waals surface area (Å²) >= 11 is 3.75. The molecule has 0 radical (unpaired) electrons. The molecule has 5 heteroatoms. The fourth-order valence-electron chi connectivity index (χ4n) is 2.32. The average molecular weight is 434 g/mol. The average Bonchev–Trinajstić information content (AvgIpc) is 2.57. The van der Waals surface area contributed by atoms with Crippen LogP contribution in [0.2, 0.25) is 0 Å². The number of benzene rings is 2. The van der Waals surface area contributed by atoms with Crippen molar-refractivity contribution in [2.75, 3.05) is 5.75 Å². The third kappa shape index (κ3) is 3.67. The highest BCUT2D eigenvalue weighted by Gasteiger charge is 2.12. The van der Waals surface area contributed by atoms with Gasteiger partial charge in [-0.1, -0.05) is 48.2 Å². The Balaban J connectivity index is 2.17. The van der Waals surface area contributed by atoms with Gasteiger partial charge in [-0.2, -0.15) is 0 Å². The zero-order chi connectivity index (χ0) is 16.2. The SMILES string of the molecule is C=CCSc1nc2ccc(I)cc2c(=O)n1Cc1ccccc1. The summed E-state index contributed by atoms with van der Waals surface area (Å²) in [5.41, 5.74) is 1.83. The number of fused-ring (bicyclic) bond motifs is 1. The molecule has 2 aromatic carbocycles. The van der Waals surface area contributed by atoms with Crippen LogP contribution in [0.5, 0.6) is 0 Å². The lowest BCUT2D eigenvalue weighted by Gasteiger charge is -2.13. The lowest BCUT2D eigenvalue weighted by molar-refractivity contribution is 0.658. The molecule has 3 rings (SSSR count). The number of hydrogen-bond acceptors (Lipinski definition) is 3. The smallest absolute Gasteiger partial charge is 0.262 e. The van der Waals surface area contributed by atoms with E-state index in [0.29, 0.717) is 11.9 Å². The van der Waals surface area contributed by atoms with Gasteiger partial charge in [0.1, 0.15) is 0 Å². The van der Waals surface area contributed by atoms with Crippen molar-refractivity contribution in [1.29, 1.82) is 0 Å². The number of rotatable bonds is 5. The van der Waals surface area contributed by atoms with Crippen LogP contribution in [-0.2, 0) is 6.54 Å². The highest BCUT2D eigenvalue weighted by molar-refractivity contribution is 14.1. The Morgan fingerprint density at radius 1 is 1.22 bits per heavy atom. The van der Waals surface area contributed by atoms with Crippen molar-refractivity contribution < 1.29 is 0 Å². The molecule has 0 aliphatic carbocycles. The van der Waals surface area contributed by atoms with Gasteiger partial charge in [-0.25, -0.2) is 4.98 Å². The summed E-state index contributed by atoms with van der Waals surface area (Å²) in [5.74, 6) is 0.719. The first-order chi connectivity index (χ1) is 11.2. The number of nitrogens with zero attached hydrogens (tertiary/aromatic N) is 2. The molecule has 3 nitrogen and oxygen atoms in total. The van der Waals surface area contributed by atoms with Gasteiger partial charge in [-0.15, -0.1) is 6.58 Å². The molecule has 0 saturated carbocycles. The van der Waals surface area contributed by atoms with E-state index in [-0.39, 0.29) is 5.56 Å². The van der Waals surface area contributed by atoms with Crippen LogP contribution in [0.1, 0.15) is 5.56 Å². The van der Waals surface area contributed by atoms with E-state index in [1.807, 2.05) is 54.6 Å². The van der Waals surface area contributed by atoms with Crippen molar-refractivity contribution in [1.82, 2.24) is 9.55 Å². The Kier molecular flexibility index (Phi) is 5.17. The molecule has 0 aliphatic rings. The highest BCUT2D eigenvalue weighted by Crippen LogP contribution is 2.20. The fraction of sp³-hybridized carbons (Fsp3) is 0.111. The minimum absolute atomic E-state index is 0.00364. The molecule has 23 heavy (non-hydrogen) atoms. The normalized spacial score (nSPS) is 10.8. The Bertz CT molecular complexity index is 906. The van der Waals surface area contributed by atoms with Gasteiger partial charge < -0.3 is 0 Å². The second-order valence-electron chi connectivity index (χ2n) is 5.03. The molecule has 0 N–H and O–H groups in total. The van der Waals surface area contributed by atoms with Gasteiger partial charge in [0.25, 0.3) is 5.56 Å². The second kappa shape index (κ2) is 7.31. The molecule has 3 aromatic rings. The van der Waals surface area contributed by atoms with E-state index in [9.17, 15) is 4.79 Å². The van der Waals surface area contributed by atoms with Crippen LogP contribution in [0, 0.1) is 3.57 Å². The maximum absolute atomic E-state index is 12.9. The summed E-state index contributed by atoms with van der Waals surface area (Å²) in [4.78, 5) is 17.6. The number of aromatic nitrogens is 2. The molecule has 0 fully saturated rings. The van der Waals surface area contributed by atoms with Crippen molar-refractivity contribution in [3.05, 3.63) is 80.7 Å². The number of halogens is 1. The summed E-state index contributed by atoms with van der Waals surface area (Å²) in [6.07, 6.45) is 1.82. The Hall–Kier alpha value is -1.60. The lowest BCUT2D eigenvalue weighted by atomic mass is 10.2. The first-order valence-electron chi connectivity index (χ1n) is 7.17. The molecule has 0 aliphatic heterocycles. The van der Waals surface area contributed by atoms with E-state index < -0.39 is 0 Å². The largest absolute Gasteiger partial charge is 0.283 e. The number of hydrogen-bond donors (Lipinski definition) is 0. The van der Waals surface area contributed by atoms with Crippen LogP contribution in [0.25, 0.3) is 10.9 Å². The summed E-state index contributed by atoms with van der Waals surface area (Å²) < 4.78 is 2.79. The van der Waals surface area contributed by atoms with Gasteiger partial charge in [0.2, 0.25) is 0 Å². The van der Waals surface area contributed by atoms with Crippen molar-refractivity contribution >= 4 is 45.3 Å². The first-order valence-corrected chi connectivity index (χ1v) is 9.23. The van der Waals surface area contributed by atoms with Gasteiger partial charge in [-0.05, 0) is 46.4 Å². The molecule has 0 saturated heterocycles. The maximum Gasteiger partial charge on any atom is 0.262 e. The molecule has 0 bridgehead atoms. The molecule has 0 spiro atoms. The monoisotopic (exact) mass is 434 g/mol. The van der Waals surface area contributed by atoms with E-state index >= 15 is 0 Å². The minimum atomic E-state index is 0.00364. The van der Waals surface area contributed by atoms with Crippen molar-refractivity contribution in [2.45, 2.75) is 11.7 Å². The van der Waals surface area contributed by atoms with Crippen LogP contribution in [0.4, 0.5) is 0 Å². The van der Waals surface area contributed by atoms with E-state index in [2.05, 4.69) is 34.2 Å². The van der Waals surface area contributed by atoms with Gasteiger partial charge in [0.05, 0.1) is 17.4 Å². The van der Waals surface area contributed by atoms with Gasteiger partial charge in [-0.3, -0.25) is 9.36 Å². The predicted octanol–water partition coefficient (Wildman–Crippen LogP) is 4.33. The first kappa shape index (κ1) is 16.3. The standard InChI is InChI=1S/C18H15IN2OS/c1-2-10-23-18-20-16-9-8-14(19)11-15(16)17(22)21(18)12-13-6-4-3-5-7-13/h2-9,11H,1,10,12H2. The Morgan fingerprint density at radius 3 is 2.74 bits per heavy atom. The summed E-state index contributed by atoms with van der Waals surface area (Å²) in [5, 5.41) is 1.39. The second-order valence-corrected chi connectivity index (χ2v) is 7.27. The van der Waals surface area contributed by atoms with E-state index in [0.717, 1.165) is 25.6 Å². The predicted molar refractivity (Wildman–Crippen MR) is 105 cm³/mol. The van der Waals surface area contributed by atoms with Gasteiger partial charge in [0, 0.05) is 9.32 Å². The lowest BCUT2D eigenvalue weighted by Crippen LogP contribution is -2.24. The van der Waals surface area contributed by atoms with Crippen LogP contribution in [0.3, 0.4) is 0 Å². The van der Waals surface area contributed by atoms with Crippen molar-refractivity contribution in [3.63, 3.8) is 0 Å². The van der Waals surface area contributed by atoms with Gasteiger partial charge in [0.15, 0.2) is 5.16 Å². The number of thioether (sulfide) groups is 1. The summed E-state index contributed by atoms with van der Waals surface area (Å²) in [6, 6.07) is 15.8. The molecule has 0 unspecified atom stereocenters. The Morgan fingerprint density at radius 2 is 2.00 bits per heavy atom. The Labute approximate surface area is 152 Å². The van der Waals surface area contributed by atoms with E-state index in [4.69, 9.17) is 0 Å². The summed E-state index contributed by atoms with van der Waals surface area (Å²) in [6.45, 7) is 4.27. The molecule has 0 amide bonds. The van der Waals surface area contributed by atoms with E-state index in [1.54, 1.807) is 4.57 Å². The minimum Gasteiger partial charge on any atom is -0.283 e. The highest BCUT2D eigenvalue weighted by atomic mass is 127. The quantitative estimate of drug-likeness (QED) is 0.260. The molecule has 1 aromatic heterocycles. The fourth-order valence-corrected chi connectivity index (χ4v) is 3.55. The molecule has 116 valence electrons. The van der Waals surface area contributed by atoms with Crippen LogP contribution in [-0.4, -0.2) is 15.3 Å². The van der Waals surface area contributed by atoms with Gasteiger partial charge >= 0.3 is 0 Å². The molecular formula is C18H15IN2OS. The van der Waals surface area contributed by atoms with Crippen LogP contribution >= 0.6 is 34.4 Å². The molecule has 0 atom stereocenters. The van der Waals surface area contributed by atoms with E-state index in [1.165, 1.54) is 11.8 Å². The third-order valence-corrected chi connectivity index (χ3v) is 5.04. The topological polar surface area (TPSA) is 34.9 Å². The van der Waals surface area contributed by atoms with Crippen LogP contribution < -0.4 is 5.56 Å². The zero-order valence-corrected chi connectivity index (χ0v) is 15.4. The van der Waals surface area contributed by atoms with Crippen molar-refractivity contribution in [3.8, 4) is 0 Å². The van der Waals surface area contributed by atoms with Crippen LogP contribution in [0.15, 0.2) is 71.1 Å². The summed E-state index contributed by atoms with van der Waals surface area (Å²) in [7, 11) is 0. The van der Waals surface area contributed by atoms with Crippen molar-refractivity contribution in [2.24, 2.45) is 0 Å². The molecule has 1 heterocycles. The zero-order valence-electron chi connectivity index (χ0n) is 12.4.